The number of fused-ring (bicyclic) bond motifs is 1. The lowest BCUT2D eigenvalue weighted by Gasteiger charge is -2.26. The van der Waals surface area contributed by atoms with E-state index in [0.29, 0.717) is 0 Å². The van der Waals surface area contributed by atoms with Crippen LogP contribution in [0.4, 0.5) is 5.82 Å². The van der Waals surface area contributed by atoms with Crippen molar-refractivity contribution in [3.05, 3.63) is 24.3 Å². The van der Waals surface area contributed by atoms with Gasteiger partial charge in [0.25, 0.3) is 0 Å². The fourth-order valence-electron chi connectivity index (χ4n) is 2.54. The van der Waals surface area contributed by atoms with E-state index in [2.05, 4.69) is 33.2 Å². The Morgan fingerprint density at radius 2 is 2.05 bits per heavy atom. The second-order valence-electron chi connectivity index (χ2n) is 5.19. The molecule has 22 heavy (non-hydrogen) atoms. The first-order valence-corrected chi connectivity index (χ1v) is 8.79. The van der Waals surface area contributed by atoms with Crippen molar-refractivity contribution in [2.24, 2.45) is 0 Å². The van der Waals surface area contributed by atoms with Gasteiger partial charge in [-0.05, 0) is 17.9 Å². The van der Waals surface area contributed by atoms with E-state index in [1.165, 1.54) is 0 Å². The van der Waals surface area contributed by atoms with Crippen LogP contribution in [0, 0.1) is 0 Å². The lowest BCUT2D eigenvalue weighted by molar-refractivity contribution is 0.0398. The summed E-state index contributed by atoms with van der Waals surface area (Å²) in [6.45, 7) is 7.73. The van der Waals surface area contributed by atoms with E-state index in [-0.39, 0.29) is 0 Å². The number of anilines is 1. The number of para-hydroxylation sites is 1. The number of morpholine rings is 1. The van der Waals surface area contributed by atoms with Gasteiger partial charge in [-0.25, -0.2) is 9.97 Å². The molecule has 0 saturated carbocycles. The number of hydrogen-bond acceptors (Lipinski definition) is 6. The minimum atomic E-state index is 0.841. The van der Waals surface area contributed by atoms with Crippen molar-refractivity contribution < 1.29 is 4.74 Å². The van der Waals surface area contributed by atoms with Gasteiger partial charge >= 0.3 is 0 Å². The van der Waals surface area contributed by atoms with Gasteiger partial charge in [0.15, 0.2) is 5.16 Å². The predicted molar refractivity (Wildman–Crippen MR) is 91.7 cm³/mol. The molecule has 2 aromatic rings. The molecule has 0 amide bonds. The predicted octanol–water partition coefficient (Wildman–Crippen LogP) is 2.49. The lowest BCUT2D eigenvalue weighted by Crippen LogP contribution is -2.39. The van der Waals surface area contributed by atoms with Crippen molar-refractivity contribution in [1.29, 1.82) is 0 Å². The molecule has 2 heterocycles. The highest BCUT2D eigenvalue weighted by Crippen LogP contribution is 2.24. The molecule has 0 bridgehead atoms. The molecule has 0 radical (unpaired) electrons. The van der Waals surface area contributed by atoms with Crippen molar-refractivity contribution in [2.45, 2.75) is 12.1 Å². The summed E-state index contributed by atoms with van der Waals surface area (Å²) in [5.41, 5.74) is 1.00. The molecule has 0 atom stereocenters. The number of hydrogen-bond donors (Lipinski definition) is 1. The molecule has 1 aliphatic heterocycles. The number of benzene rings is 1. The highest BCUT2D eigenvalue weighted by Gasteiger charge is 2.11. The third-order valence-corrected chi connectivity index (χ3v) is 4.41. The summed E-state index contributed by atoms with van der Waals surface area (Å²) in [5, 5.41) is 5.42. The van der Waals surface area contributed by atoms with Gasteiger partial charge in [0, 0.05) is 31.6 Å². The Bertz CT molecular complexity index is 616. The molecule has 118 valence electrons. The van der Waals surface area contributed by atoms with Gasteiger partial charge in [0.05, 0.1) is 18.7 Å². The largest absolute Gasteiger partial charge is 0.379 e. The van der Waals surface area contributed by atoms with Gasteiger partial charge in [0.2, 0.25) is 0 Å². The minimum absolute atomic E-state index is 0.841. The summed E-state index contributed by atoms with van der Waals surface area (Å²) < 4.78 is 5.38. The second kappa shape index (κ2) is 7.76. The smallest absolute Gasteiger partial charge is 0.190 e. The Labute approximate surface area is 135 Å². The summed E-state index contributed by atoms with van der Waals surface area (Å²) in [6, 6.07) is 8.18. The molecule has 1 N–H and O–H groups in total. The van der Waals surface area contributed by atoms with Crippen LogP contribution in [0.3, 0.4) is 0 Å². The average molecular weight is 318 g/mol. The molecular weight excluding hydrogens is 296 g/mol. The van der Waals surface area contributed by atoms with Crippen LogP contribution in [0.5, 0.6) is 0 Å². The molecule has 0 aliphatic carbocycles. The first-order valence-electron chi connectivity index (χ1n) is 7.80. The topological polar surface area (TPSA) is 50.3 Å². The second-order valence-corrected chi connectivity index (χ2v) is 6.42. The number of rotatable bonds is 6. The van der Waals surface area contributed by atoms with E-state index in [4.69, 9.17) is 4.74 Å². The molecule has 3 rings (SSSR count). The molecule has 1 aromatic heterocycles. The standard InChI is InChI=1S/C16H22N4OS/c1-2-22-16-18-14-6-4-3-5-13(14)15(19-16)17-7-8-20-9-11-21-12-10-20/h3-6H,2,7-12H2,1H3,(H,17,18,19). The third kappa shape index (κ3) is 3.88. The maximum Gasteiger partial charge on any atom is 0.190 e. The van der Waals surface area contributed by atoms with E-state index in [1.807, 2.05) is 18.2 Å². The SMILES string of the molecule is CCSc1nc(NCCN2CCOCC2)c2ccccc2n1. The van der Waals surface area contributed by atoms with E-state index >= 15 is 0 Å². The molecular formula is C16H22N4OS. The summed E-state index contributed by atoms with van der Waals surface area (Å²) in [4.78, 5) is 11.7. The van der Waals surface area contributed by atoms with E-state index in [9.17, 15) is 0 Å². The van der Waals surface area contributed by atoms with Crippen molar-refractivity contribution in [3.8, 4) is 0 Å². The van der Waals surface area contributed by atoms with Gasteiger partial charge in [-0.2, -0.15) is 0 Å². The molecule has 1 fully saturated rings. The molecule has 0 spiro atoms. The minimum Gasteiger partial charge on any atom is -0.379 e. The van der Waals surface area contributed by atoms with Gasteiger partial charge in [-0.1, -0.05) is 30.8 Å². The van der Waals surface area contributed by atoms with Crippen molar-refractivity contribution in [1.82, 2.24) is 14.9 Å². The molecule has 5 nitrogen and oxygen atoms in total. The van der Waals surface area contributed by atoms with Crippen LogP contribution in [-0.4, -0.2) is 60.0 Å². The highest BCUT2D eigenvalue weighted by atomic mass is 32.2. The Hall–Kier alpha value is -1.37. The van der Waals surface area contributed by atoms with Crippen LogP contribution < -0.4 is 5.32 Å². The molecule has 1 aliphatic rings. The first kappa shape index (κ1) is 15.5. The van der Waals surface area contributed by atoms with E-state index in [0.717, 1.165) is 67.0 Å². The van der Waals surface area contributed by atoms with Crippen LogP contribution in [0.25, 0.3) is 10.9 Å². The van der Waals surface area contributed by atoms with Crippen LogP contribution >= 0.6 is 11.8 Å². The Kier molecular flexibility index (Phi) is 5.48. The quantitative estimate of drug-likeness (QED) is 0.652. The van der Waals surface area contributed by atoms with Crippen LogP contribution in [0.1, 0.15) is 6.92 Å². The zero-order valence-corrected chi connectivity index (χ0v) is 13.7. The summed E-state index contributed by atoms with van der Waals surface area (Å²) in [6.07, 6.45) is 0. The van der Waals surface area contributed by atoms with Gasteiger partial charge in [0.1, 0.15) is 5.82 Å². The van der Waals surface area contributed by atoms with E-state index in [1.54, 1.807) is 11.8 Å². The Morgan fingerprint density at radius 1 is 1.23 bits per heavy atom. The maximum absolute atomic E-state index is 5.38. The fourth-order valence-corrected chi connectivity index (χ4v) is 3.12. The van der Waals surface area contributed by atoms with Crippen molar-refractivity contribution >= 4 is 28.5 Å². The van der Waals surface area contributed by atoms with E-state index < -0.39 is 0 Å². The summed E-state index contributed by atoms with van der Waals surface area (Å²) in [7, 11) is 0. The van der Waals surface area contributed by atoms with Crippen LogP contribution in [0.2, 0.25) is 0 Å². The third-order valence-electron chi connectivity index (χ3n) is 3.68. The van der Waals surface area contributed by atoms with Gasteiger partial charge in [-0.3, -0.25) is 4.90 Å². The maximum atomic E-state index is 5.38. The highest BCUT2D eigenvalue weighted by molar-refractivity contribution is 7.99. The van der Waals surface area contributed by atoms with Crippen LogP contribution in [-0.2, 0) is 4.74 Å². The van der Waals surface area contributed by atoms with Crippen molar-refractivity contribution in [2.75, 3.05) is 50.5 Å². The number of aromatic nitrogens is 2. The van der Waals surface area contributed by atoms with Gasteiger partial charge < -0.3 is 10.1 Å². The first-order chi connectivity index (χ1) is 10.9. The molecule has 6 heteroatoms. The number of nitrogens with zero attached hydrogens (tertiary/aromatic N) is 3. The zero-order chi connectivity index (χ0) is 15.2. The zero-order valence-electron chi connectivity index (χ0n) is 12.9. The number of thioether (sulfide) groups is 1. The normalized spacial score (nSPS) is 16.0. The van der Waals surface area contributed by atoms with Gasteiger partial charge in [-0.15, -0.1) is 0 Å². The molecule has 1 aromatic carbocycles. The summed E-state index contributed by atoms with van der Waals surface area (Å²) >= 11 is 1.68. The van der Waals surface area contributed by atoms with Crippen molar-refractivity contribution in [3.63, 3.8) is 0 Å². The number of ether oxygens (including phenoxy) is 1. The summed E-state index contributed by atoms with van der Waals surface area (Å²) in [5.74, 6) is 1.92. The fraction of sp³-hybridized carbons (Fsp3) is 0.500. The van der Waals surface area contributed by atoms with Crippen LogP contribution in [0.15, 0.2) is 29.4 Å². The molecule has 0 unspecified atom stereocenters. The Morgan fingerprint density at radius 3 is 2.86 bits per heavy atom. The number of nitrogens with one attached hydrogen (secondary N) is 1. The average Bonchev–Trinajstić information content (AvgIpc) is 2.56. The lowest BCUT2D eigenvalue weighted by atomic mass is 10.2. The monoisotopic (exact) mass is 318 g/mol. The Balaban J connectivity index is 1.70. The molecule has 1 saturated heterocycles.